The van der Waals surface area contributed by atoms with Gasteiger partial charge in [0.1, 0.15) is 0 Å². The molecule has 1 saturated heterocycles. The Morgan fingerprint density at radius 1 is 1.03 bits per heavy atom. The highest BCUT2D eigenvalue weighted by atomic mass is 19.4. The Bertz CT molecular complexity index is 1090. The first-order valence-electron chi connectivity index (χ1n) is 10.4. The van der Waals surface area contributed by atoms with Crippen LogP contribution in [-0.4, -0.2) is 36.4 Å². The number of piperazine rings is 1. The van der Waals surface area contributed by atoms with Crippen molar-refractivity contribution < 1.29 is 13.2 Å². The number of rotatable bonds is 4. The molecule has 8 heteroatoms. The van der Waals surface area contributed by atoms with Crippen LogP contribution in [-0.2, 0) is 6.18 Å². The molecule has 0 unspecified atom stereocenters. The third-order valence-electron chi connectivity index (χ3n) is 5.93. The second-order valence-electron chi connectivity index (χ2n) is 7.98. The Balaban J connectivity index is 1.70. The van der Waals surface area contributed by atoms with Gasteiger partial charge in [-0.25, -0.2) is 0 Å². The maximum absolute atomic E-state index is 13.3. The third-order valence-corrected chi connectivity index (χ3v) is 5.93. The summed E-state index contributed by atoms with van der Waals surface area (Å²) in [5.74, 6) is 0.571. The highest BCUT2D eigenvalue weighted by Crippen LogP contribution is 2.36. The zero-order valence-electron chi connectivity index (χ0n) is 17.8. The number of anilines is 2. The minimum absolute atomic E-state index is 0.223. The van der Waals surface area contributed by atoms with E-state index in [0.29, 0.717) is 11.4 Å². The van der Waals surface area contributed by atoms with Gasteiger partial charge in [0.15, 0.2) is 5.82 Å². The molecule has 5 nitrogen and oxygen atoms in total. The summed E-state index contributed by atoms with van der Waals surface area (Å²) in [4.78, 5) is 2.32. The van der Waals surface area contributed by atoms with Gasteiger partial charge in [0.2, 0.25) is 0 Å². The van der Waals surface area contributed by atoms with E-state index >= 15 is 0 Å². The van der Waals surface area contributed by atoms with Gasteiger partial charge in [-0.05, 0) is 50.1 Å². The molecule has 0 saturated carbocycles. The molecule has 31 heavy (non-hydrogen) atoms. The van der Waals surface area contributed by atoms with Crippen molar-refractivity contribution in [3.63, 3.8) is 0 Å². The van der Waals surface area contributed by atoms with Crippen LogP contribution >= 0.6 is 0 Å². The maximum atomic E-state index is 13.3. The molecule has 2 aromatic carbocycles. The number of hydrogen-bond acceptors (Lipinski definition) is 5. The summed E-state index contributed by atoms with van der Waals surface area (Å²) >= 11 is 0. The summed E-state index contributed by atoms with van der Waals surface area (Å²) in [6.07, 6.45) is -4.38. The number of nitrogens with zero attached hydrogens (tertiary/aromatic N) is 3. The number of aryl methyl sites for hydroxylation is 1. The van der Waals surface area contributed by atoms with Gasteiger partial charge in [0.05, 0.1) is 17.3 Å². The first-order valence-corrected chi connectivity index (χ1v) is 10.4. The Kier molecular flexibility index (Phi) is 5.75. The number of hydrogen-bond donors (Lipinski definition) is 2. The quantitative estimate of drug-likeness (QED) is 0.621. The van der Waals surface area contributed by atoms with E-state index in [2.05, 4.69) is 37.9 Å². The molecule has 0 bridgehead atoms. The number of alkyl halides is 3. The number of fused-ring (bicyclic) bond motifs is 1. The Morgan fingerprint density at radius 2 is 1.77 bits per heavy atom. The monoisotopic (exact) mass is 429 g/mol. The molecule has 1 aliphatic rings. The van der Waals surface area contributed by atoms with Gasteiger partial charge in [0, 0.05) is 42.6 Å². The van der Waals surface area contributed by atoms with Crippen LogP contribution in [0.5, 0.6) is 0 Å². The maximum Gasteiger partial charge on any atom is 0.416 e. The standard InChI is InChI=1S/C23H26F3N5/c1-14-18(5-4-6-21(14)23(24,25)26)15(2)28-22-20-13-17(31-11-9-27-10-12-31)7-8-19(20)16(3)29-30-22/h4-8,13,15,27H,9-12H2,1-3H3,(H,28,30)/t15-/m1/s1. The molecule has 1 atom stereocenters. The van der Waals surface area contributed by atoms with Crippen LogP contribution < -0.4 is 15.5 Å². The average Bonchev–Trinajstić information content (AvgIpc) is 2.75. The van der Waals surface area contributed by atoms with Gasteiger partial charge in [-0.3, -0.25) is 0 Å². The molecule has 0 radical (unpaired) electrons. The molecule has 164 valence electrons. The second kappa shape index (κ2) is 8.34. The Morgan fingerprint density at radius 3 is 2.48 bits per heavy atom. The highest BCUT2D eigenvalue weighted by molar-refractivity contribution is 5.95. The van der Waals surface area contributed by atoms with Crippen LogP contribution in [0.3, 0.4) is 0 Å². The topological polar surface area (TPSA) is 53.1 Å². The first kappa shape index (κ1) is 21.4. The zero-order chi connectivity index (χ0) is 22.2. The molecule has 2 N–H and O–H groups in total. The highest BCUT2D eigenvalue weighted by Gasteiger charge is 2.33. The lowest BCUT2D eigenvalue weighted by Gasteiger charge is -2.30. The van der Waals surface area contributed by atoms with Crippen molar-refractivity contribution in [1.82, 2.24) is 15.5 Å². The molecular weight excluding hydrogens is 403 g/mol. The lowest BCUT2D eigenvalue weighted by Crippen LogP contribution is -2.43. The van der Waals surface area contributed by atoms with Gasteiger partial charge >= 0.3 is 6.18 Å². The van der Waals surface area contributed by atoms with E-state index in [-0.39, 0.29) is 11.6 Å². The van der Waals surface area contributed by atoms with Crippen LogP contribution in [0.4, 0.5) is 24.7 Å². The molecule has 1 aromatic heterocycles. The van der Waals surface area contributed by atoms with Gasteiger partial charge < -0.3 is 15.5 Å². The smallest absolute Gasteiger partial charge is 0.369 e. The number of benzene rings is 2. The van der Waals surface area contributed by atoms with E-state index in [1.807, 2.05) is 19.9 Å². The number of nitrogens with one attached hydrogen (secondary N) is 2. The minimum Gasteiger partial charge on any atom is -0.369 e. The fourth-order valence-electron chi connectivity index (χ4n) is 4.22. The molecule has 2 heterocycles. The second-order valence-corrected chi connectivity index (χ2v) is 7.98. The fourth-order valence-corrected chi connectivity index (χ4v) is 4.22. The lowest BCUT2D eigenvalue weighted by molar-refractivity contribution is -0.138. The zero-order valence-corrected chi connectivity index (χ0v) is 17.8. The predicted octanol–water partition coefficient (Wildman–Crippen LogP) is 4.85. The lowest BCUT2D eigenvalue weighted by atomic mass is 9.97. The van der Waals surface area contributed by atoms with Crippen molar-refractivity contribution in [2.24, 2.45) is 0 Å². The van der Waals surface area contributed by atoms with Crippen molar-refractivity contribution in [2.45, 2.75) is 33.0 Å². The molecule has 0 amide bonds. The van der Waals surface area contributed by atoms with Crippen molar-refractivity contribution in [1.29, 1.82) is 0 Å². The molecule has 0 aliphatic carbocycles. The van der Waals surface area contributed by atoms with Crippen LogP contribution in [0.1, 0.15) is 35.3 Å². The first-order chi connectivity index (χ1) is 14.8. The van der Waals surface area contributed by atoms with E-state index in [1.165, 1.54) is 13.0 Å². The molecule has 4 rings (SSSR count). The van der Waals surface area contributed by atoms with Gasteiger partial charge in [0.25, 0.3) is 0 Å². The van der Waals surface area contributed by atoms with Gasteiger partial charge in [-0.15, -0.1) is 5.10 Å². The van der Waals surface area contributed by atoms with E-state index in [1.54, 1.807) is 6.07 Å². The summed E-state index contributed by atoms with van der Waals surface area (Å²) < 4.78 is 40.0. The summed E-state index contributed by atoms with van der Waals surface area (Å²) in [5.41, 5.74) is 2.12. The van der Waals surface area contributed by atoms with Crippen LogP contribution in [0.15, 0.2) is 36.4 Å². The SMILES string of the molecule is Cc1c([C@@H](C)Nc2nnc(C)c3ccc(N4CCNCC4)cc23)cccc1C(F)(F)F. The van der Waals surface area contributed by atoms with Crippen LogP contribution in [0.25, 0.3) is 10.8 Å². The normalized spacial score (nSPS) is 15.9. The minimum atomic E-state index is -4.38. The van der Waals surface area contributed by atoms with E-state index < -0.39 is 11.7 Å². The fraction of sp³-hybridized carbons (Fsp3) is 0.391. The van der Waals surface area contributed by atoms with E-state index in [9.17, 15) is 13.2 Å². The summed E-state index contributed by atoms with van der Waals surface area (Å²) in [5, 5.41) is 17.2. The van der Waals surface area contributed by atoms with Crippen molar-refractivity contribution in [2.75, 3.05) is 36.4 Å². The van der Waals surface area contributed by atoms with Crippen molar-refractivity contribution in [3.05, 3.63) is 58.8 Å². The van der Waals surface area contributed by atoms with Gasteiger partial charge in [-0.1, -0.05) is 18.2 Å². The largest absolute Gasteiger partial charge is 0.416 e. The summed E-state index contributed by atoms with van der Waals surface area (Å²) in [7, 11) is 0. The molecule has 3 aromatic rings. The number of aromatic nitrogens is 2. The van der Waals surface area contributed by atoms with Crippen molar-refractivity contribution in [3.8, 4) is 0 Å². The Labute approximate surface area is 179 Å². The van der Waals surface area contributed by atoms with E-state index in [4.69, 9.17) is 0 Å². The average molecular weight is 429 g/mol. The Hall–Kier alpha value is -2.87. The number of halogens is 3. The van der Waals surface area contributed by atoms with Crippen LogP contribution in [0, 0.1) is 13.8 Å². The summed E-state index contributed by atoms with van der Waals surface area (Å²) in [6, 6.07) is 10.1. The molecule has 1 aliphatic heterocycles. The van der Waals surface area contributed by atoms with Gasteiger partial charge in [-0.2, -0.15) is 18.3 Å². The van der Waals surface area contributed by atoms with Crippen LogP contribution in [0.2, 0.25) is 0 Å². The molecule has 1 fully saturated rings. The predicted molar refractivity (Wildman–Crippen MR) is 118 cm³/mol. The third kappa shape index (κ3) is 4.30. The van der Waals surface area contributed by atoms with Crippen molar-refractivity contribution >= 4 is 22.3 Å². The molecular formula is C23H26F3N5. The summed E-state index contributed by atoms with van der Waals surface area (Å²) in [6.45, 7) is 8.97. The van der Waals surface area contributed by atoms with E-state index in [0.717, 1.165) is 54.4 Å². The molecule has 0 spiro atoms.